The fourth-order valence-electron chi connectivity index (χ4n) is 13.6. The third kappa shape index (κ3) is 8.78. The first-order chi connectivity index (χ1) is 43.2. The predicted octanol–water partition coefficient (Wildman–Crippen LogP) is 19.8. The molecule has 3 heterocycles. The average Bonchev–Trinajstić information content (AvgIpc) is 0.789. The summed E-state index contributed by atoms with van der Waals surface area (Å²) in [4.78, 5) is 4.99. The molecule has 14 aromatic rings. The van der Waals surface area contributed by atoms with Gasteiger partial charge in [-0.1, -0.05) is 206 Å². The minimum Gasteiger partial charge on any atom is -0.311 e. The molecule has 1 aromatic heterocycles. The van der Waals surface area contributed by atoms with Crippen LogP contribution in [0.2, 0.25) is 0 Å². The number of anilines is 6. The number of aromatic nitrogens is 1. The monoisotopic (exact) mass is 1130 g/mol. The van der Waals surface area contributed by atoms with Crippen LogP contribution in [0.5, 0.6) is 0 Å². The van der Waals surface area contributed by atoms with Crippen LogP contribution in [0.3, 0.4) is 0 Å². The van der Waals surface area contributed by atoms with Gasteiger partial charge in [-0.25, -0.2) is 0 Å². The van der Waals surface area contributed by atoms with Crippen LogP contribution in [0, 0.1) is 11.3 Å². The summed E-state index contributed by atoms with van der Waals surface area (Å²) >= 11 is 0. The van der Waals surface area contributed by atoms with Crippen LogP contribution < -0.4 is 26.2 Å². The molecule has 0 aliphatic carbocycles. The number of hydrogen-bond donors (Lipinski definition) is 0. The smallest absolute Gasteiger partial charge is 0.311 e. The lowest BCUT2D eigenvalue weighted by Crippen LogP contribution is -2.61. The summed E-state index contributed by atoms with van der Waals surface area (Å²) < 4.78 is 44.4. The molecule has 0 saturated carbocycles. The van der Waals surface area contributed by atoms with Gasteiger partial charge in [-0.3, -0.25) is 0 Å². The van der Waals surface area contributed by atoms with Crippen LogP contribution >= 0.6 is 0 Å². The molecule has 414 valence electrons. The van der Waals surface area contributed by atoms with Gasteiger partial charge in [0.15, 0.2) is 0 Å². The molecule has 13 aromatic carbocycles. The molecule has 4 nitrogen and oxygen atoms in total. The van der Waals surface area contributed by atoms with E-state index in [1.54, 1.807) is 0 Å². The summed E-state index contributed by atoms with van der Waals surface area (Å²) in [6.45, 7) is -0.137. The average molecular weight is 1140 g/mol. The summed E-state index contributed by atoms with van der Waals surface area (Å²) in [5.41, 5.74) is 23.6. The molecule has 0 bridgehead atoms. The minimum atomic E-state index is -4.60. The topological polar surface area (TPSA) is 35.2 Å². The second-order valence-corrected chi connectivity index (χ2v) is 22.6. The summed E-state index contributed by atoms with van der Waals surface area (Å²) in [6, 6.07) is 107. The van der Waals surface area contributed by atoms with Crippen LogP contribution in [-0.4, -0.2) is 11.3 Å². The van der Waals surface area contributed by atoms with Gasteiger partial charge in [0.05, 0.1) is 33.9 Å². The lowest BCUT2D eigenvalue weighted by atomic mass is 9.33. The van der Waals surface area contributed by atoms with Crippen molar-refractivity contribution in [2.75, 3.05) is 9.80 Å². The van der Waals surface area contributed by atoms with Gasteiger partial charge in [0.1, 0.15) is 0 Å². The number of alkyl halides is 3. The van der Waals surface area contributed by atoms with Gasteiger partial charge in [0, 0.05) is 56.0 Å². The number of halogens is 3. The molecule has 0 atom stereocenters. The van der Waals surface area contributed by atoms with Crippen LogP contribution in [-0.2, 0) is 6.18 Å². The van der Waals surface area contributed by atoms with Gasteiger partial charge >= 0.3 is 6.18 Å². The highest BCUT2D eigenvalue weighted by atomic mass is 19.4. The van der Waals surface area contributed by atoms with E-state index in [9.17, 15) is 18.4 Å². The molecule has 2 aliphatic rings. The third-order valence-electron chi connectivity index (χ3n) is 17.6. The number of nitriles is 1. The van der Waals surface area contributed by atoms with Crippen molar-refractivity contribution in [1.82, 2.24) is 4.57 Å². The van der Waals surface area contributed by atoms with Crippen LogP contribution in [0.1, 0.15) is 11.1 Å². The zero-order chi connectivity index (χ0) is 59.0. The van der Waals surface area contributed by atoms with E-state index < -0.39 is 11.7 Å². The zero-order valence-electron chi connectivity index (χ0n) is 47.4. The third-order valence-corrected chi connectivity index (χ3v) is 17.6. The molecule has 0 radical (unpaired) electrons. The first-order valence-corrected chi connectivity index (χ1v) is 29.5. The Labute approximate surface area is 508 Å². The molecule has 0 fully saturated rings. The first-order valence-electron chi connectivity index (χ1n) is 29.5. The molecule has 8 heteroatoms. The molecule has 2 aliphatic heterocycles. The van der Waals surface area contributed by atoms with Crippen molar-refractivity contribution in [2.24, 2.45) is 0 Å². The highest BCUT2D eigenvalue weighted by Crippen LogP contribution is 2.49. The number of rotatable bonds is 9. The number of benzene rings is 13. The van der Waals surface area contributed by atoms with Gasteiger partial charge < -0.3 is 14.4 Å². The Bertz CT molecular complexity index is 4800. The fraction of sp³-hybridized carbons (Fsp3) is 0.0125. The molecular formula is C80H50BF3N4. The lowest BCUT2D eigenvalue weighted by molar-refractivity contribution is -0.137. The molecule has 0 spiro atoms. The minimum absolute atomic E-state index is 0.0524. The van der Waals surface area contributed by atoms with Crippen molar-refractivity contribution < 1.29 is 13.2 Å². The largest absolute Gasteiger partial charge is 0.416 e. The normalized spacial score (nSPS) is 12.4. The molecule has 88 heavy (non-hydrogen) atoms. The maximum atomic E-state index is 14.1. The van der Waals surface area contributed by atoms with E-state index in [1.165, 1.54) is 22.5 Å². The van der Waals surface area contributed by atoms with Gasteiger partial charge in [-0.15, -0.1) is 0 Å². The van der Waals surface area contributed by atoms with Crippen LogP contribution in [0.15, 0.2) is 303 Å². The van der Waals surface area contributed by atoms with E-state index in [0.717, 1.165) is 129 Å². The summed E-state index contributed by atoms with van der Waals surface area (Å²) in [5, 5.41) is 12.4. The standard InChI is InChI=1S/C80H50BF3N4/c82-80(83,84)63-38-39-66(62(43-63)51-85)67-29-13-17-33-72(67)88-73-34-18-14-30-68(73)69-48-56(37-40-74(69)88)61-49-77-79-78(50-61)87(65-46-59(54-25-9-3-10-26-54)42-60(47-65)55-27-11-4-12-28-55)76-36-20-16-32-71(76)81(79)70-31-15-19-35-75(70)86(77)64-44-57(52-21-5-1-6-22-52)41-58(45-64)53-23-7-2-8-24-53/h1-50H. The molecule has 0 N–H and O–H groups in total. The summed E-state index contributed by atoms with van der Waals surface area (Å²) in [5.74, 6) is 0. The molecule has 0 amide bonds. The van der Waals surface area contributed by atoms with Crippen molar-refractivity contribution >= 4 is 79.0 Å². The SMILES string of the molecule is N#Cc1cc(C(F)(F)F)ccc1-c1ccccc1-n1c2ccccc2c2cc(-c3cc4c5c(c3)N(c3cc(-c6ccccc6)cc(-c6ccccc6)c3)c3ccccc3B5c3ccccc3N4c3cc(-c4ccccc4)cc(-c4ccccc4)c3)ccc21. The molecule has 16 rings (SSSR count). The van der Waals surface area contributed by atoms with E-state index in [-0.39, 0.29) is 12.3 Å². The first kappa shape index (κ1) is 52.2. The van der Waals surface area contributed by atoms with Gasteiger partial charge in [0.2, 0.25) is 0 Å². The Morgan fingerprint density at radius 1 is 0.318 bits per heavy atom. The summed E-state index contributed by atoms with van der Waals surface area (Å²) in [6.07, 6.45) is -4.60. The van der Waals surface area contributed by atoms with Crippen molar-refractivity contribution in [3.63, 3.8) is 0 Å². The Kier molecular flexibility index (Phi) is 12.4. The second-order valence-electron chi connectivity index (χ2n) is 22.6. The van der Waals surface area contributed by atoms with E-state index in [4.69, 9.17) is 0 Å². The van der Waals surface area contributed by atoms with Crippen molar-refractivity contribution in [2.45, 2.75) is 6.18 Å². The fourth-order valence-corrected chi connectivity index (χ4v) is 13.6. The number of nitrogens with zero attached hydrogens (tertiary/aromatic N) is 4. The van der Waals surface area contributed by atoms with Crippen LogP contribution in [0.4, 0.5) is 47.3 Å². The van der Waals surface area contributed by atoms with E-state index >= 15 is 0 Å². The number of fused-ring (bicyclic) bond motifs is 7. The zero-order valence-corrected chi connectivity index (χ0v) is 47.4. The molecular weight excluding hydrogens is 1080 g/mol. The van der Waals surface area contributed by atoms with Crippen molar-refractivity contribution in [3.05, 3.63) is 314 Å². The Hall–Kier alpha value is -11.4. The highest BCUT2D eigenvalue weighted by molar-refractivity contribution is 7.00. The Morgan fingerprint density at radius 2 is 0.750 bits per heavy atom. The van der Waals surface area contributed by atoms with Crippen molar-refractivity contribution in [3.8, 4) is 78.5 Å². The van der Waals surface area contributed by atoms with Gasteiger partial charge in [-0.2, -0.15) is 18.4 Å². The number of para-hydroxylation sites is 4. The summed E-state index contributed by atoms with van der Waals surface area (Å²) in [7, 11) is 0. The second kappa shape index (κ2) is 21.0. The van der Waals surface area contributed by atoms with E-state index in [0.29, 0.717) is 11.1 Å². The molecule has 0 saturated heterocycles. The maximum Gasteiger partial charge on any atom is 0.416 e. The lowest BCUT2D eigenvalue weighted by Gasteiger charge is -2.44. The van der Waals surface area contributed by atoms with Crippen molar-refractivity contribution in [1.29, 1.82) is 5.26 Å². The Morgan fingerprint density at radius 3 is 1.25 bits per heavy atom. The quantitative estimate of drug-likeness (QED) is 0.135. The van der Waals surface area contributed by atoms with Crippen LogP contribution in [0.25, 0.3) is 94.3 Å². The predicted molar refractivity (Wildman–Crippen MR) is 357 cm³/mol. The molecule has 0 unspecified atom stereocenters. The van der Waals surface area contributed by atoms with Gasteiger partial charge in [-0.05, 0) is 169 Å². The highest BCUT2D eigenvalue weighted by Gasteiger charge is 2.44. The van der Waals surface area contributed by atoms with E-state index in [1.807, 2.05) is 36.4 Å². The van der Waals surface area contributed by atoms with Gasteiger partial charge in [0.25, 0.3) is 6.71 Å². The maximum absolute atomic E-state index is 14.1. The van der Waals surface area contributed by atoms with E-state index in [2.05, 4.69) is 269 Å². The Balaban J connectivity index is 0.975. The number of hydrogen-bond acceptors (Lipinski definition) is 3.